The normalized spacial score (nSPS) is 15.3. The molecule has 0 saturated carbocycles. The third kappa shape index (κ3) is 3.76. The van der Waals surface area contributed by atoms with Crippen LogP contribution in [0.25, 0.3) is 5.69 Å². The first kappa shape index (κ1) is 20.3. The molecule has 8 heteroatoms. The predicted molar refractivity (Wildman–Crippen MR) is 114 cm³/mol. The Morgan fingerprint density at radius 3 is 2.53 bits per heavy atom. The molecule has 4 rings (SSSR count). The number of benzene rings is 2. The van der Waals surface area contributed by atoms with Crippen LogP contribution >= 0.6 is 0 Å². The number of hydrogen-bond donors (Lipinski definition) is 1. The maximum Gasteiger partial charge on any atom is 0.272 e. The summed E-state index contributed by atoms with van der Waals surface area (Å²) < 4.78 is 29.8. The van der Waals surface area contributed by atoms with Crippen molar-refractivity contribution in [2.24, 2.45) is 5.92 Å². The number of fused-ring (bicyclic) bond motifs is 3. The highest BCUT2D eigenvalue weighted by Gasteiger charge is 2.34. The molecule has 0 spiro atoms. The number of aromatic nitrogens is 2. The zero-order chi connectivity index (χ0) is 21.3. The second-order valence-electron chi connectivity index (χ2n) is 7.74. The molecule has 0 radical (unpaired) electrons. The quantitative estimate of drug-likeness (QED) is 0.683. The van der Waals surface area contributed by atoms with Crippen LogP contribution in [0.2, 0.25) is 0 Å². The molecule has 1 aliphatic heterocycles. The summed E-state index contributed by atoms with van der Waals surface area (Å²) in [5, 5.41) is 2.89. The number of carbonyl (C=O) groups is 1. The number of imidazole rings is 1. The van der Waals surface area contributed by atoms with Gasteiger partial charge in [-0.25, -0.2) is 13.4 Å². The van der Waals surface area contributed by atoms with Crippen molar-refractivity contribution in [3.63, 3.8) is 0 Å². The van der Waals surface area contributed by atoms with Gasteiger partial charge in [0.2, 0.25) is 10.0 Å². The summed E-state index contributed by atoms with van der Waals surface area (Å²) >= 11 is 0. The first-order valence-electron chi connectivity index (χ1n) is 9.86. The molecule has 2 aromatic carbocycles. The molecule has 0 saturated heterocycles. The first-order chi connectivity index (χ1) is 14.4. The van der Waals surface area contributed by atoms with Crippen molar-refractivity contribution >= 4 is 15.9 Å². The molecule has 1 N–H and O–H groups in total. The smallest absolute Gasteiger partial charge is 0.272 e. The van der Waals surface area contributed by atoms with Crippen LogP contribution in [0.5, 0.6) is 0 Å². The van der Waals surface area contributed by atoms with Gasteiger partial charge < -0.3 is 5.32 Å². The van der Waals surface area contributed by atoms with Gasteiger partial charge in [0, 0.05) is 13.1 Å². The van der Waals surface area contributed by atoms with E-state index in [4.69, 9.17) is 0 Å². The molecule has 0 aliphatic carbocycles. The molecule has 0 atom stereocenters. The molecule has 0 bridgehead atoms. The fraction of sp³-hybridized carbons (Fsp3) is 0.273. The number of sulfonamides is 1. The molecular formula is C22H24N4O3S. The average molecular weight is 425 g/mol. The predicted octanol–water partition coefficient (Wildman–Crippen LogP) is 2.96. The Morgan fingerprint density at radius 1 is 1.10 bits per heavy atom. The summed E-state index contributed by atoms with van der Waals surface area (Å²) in [5.74, 6) is -0.189. The molecular weight excluding hydrogens is 400 g/mol. The summed E-state index contributed by atoms with van der Waals surface area (Å²) in [4.78, 5) is 17.5. The van der Waals surface area contributed by atoms with Crippen molar-refractivity contribution in [3.8, 4) is 5.69 Å². The minimum atomic E-state index is -3.70. The van der Waals surface area contributed by atoms with Crippen LogP contribution in [0, 0.1) is 5.92 Å². The van der Waals surface area contributed by atoms with Gasteiger partial charge >= 0.3 is 0 Å². The van der Waals surface area contributed by atoms with Crippen molar-refractivity contribution < 1.29 is 13.2 Å². The number of nitrogens with zero attached hydrogens (tertiary/aromatic N) is 3. The monoisotopic (exact) mass is 424 g/mol. The van der Waals surface area contributed by atoms with Crippen LogP contribution in [0.15, 0.2) is 65.8 Å². The fourth-order valence-corrected chi connectivity index (χ4v) is 5.37. The lowest BCUT2D eigenvalue weighted by Crippen LogP contribution is -2.34. The summed E-state index contributed by atoms with van der Waals surface area (Å²) in [6.07, 6.45) is 1.53. The number of para-hydroxylation sites is 1. The standard InChI is InChI=1S/C22H24N4O3S/c1-16(2)13-25-14-19-21(22(27)23-12-17-8-4-3-5-9-17)24-15-26(19)18-10-6-7-11-20(18)30(25,28)29/h3-11,15-16H,12-14H2,1-2H3,(H,23,27). The van der Waals surface area contributed by atoms with Gasteiger partial charge in [-0.2, -0.15) is 4.31 Å². The summed E-state index contributed by atoms with van der Waals surface area (Å²) in [5.41, 5.74) is 2.29. The minimum absolute atomic E-state index is 0.0866. The van der Waals surface area contributed by atoms with E-state index in [1.54, 1.807) is 28.8 Å². The van der Waals surface area contributed by atoms with Crippen LogP contribution in [-0.2, 0) is 23.1 Å². The average Bonchev–Trinajstić information content (AvgIpc) is 3.12. The van der Waals surface area contributed by atoms with Crippen molar-refractivity contribution in [1.82, 2.24) is 19.2 Å². The van der Waals surface area contributed by atoms with E-state index in [-0.39, 0.29) is 29.0 Å². The van der Waals surface area contributed by atoms with Gasteiger partial charge in [0.1, 0.15) is 11.2 Å². The van der Waals surface area contributed by atoms with E-state index >= 15 is 0 Å². The van der Waals surface area contributed by atoms with Crippen molar-refractivity contribution in [2.75, 3.05) is 6.54 Å². The number of nitrogens with one attached hydrogen (secondary N) is 1. The van der Waals surface area contributed by atoms with E-state index in [0.717, 1.165) is 5.56 Å². The summed E-state index contributed by atoms with van der Waals surface area (Å²) in [7, 11) is -3.70. The Labute approximate surface area is 176 Å². The van der Waals surface area contributed by atoms with Gasteiger partial charge in [0.25, 0.3) is 5.91 Å². The SMILES string of the molecule is CC(C)CN1Cc2c(C(=O)NCc3ccccc3)ncn2-c2ccccc2S1(=O)=O. The molecule has 2 heterocycles. The van der Waals surface area contributed by atoms with Crippen molar-refractivity contribution in [3.05, 3.63) is 77.9 Å². The summed E-state index contributed by atoms with van der Waals surface area (Å²) in [6, 6.07) is 16.4. The Kier molecular flexibility index (Phi) is 5.44. The van der Waals surface area contributed by atoms with Gasteiger partial charge in [-0.15, -0.1) is 0 Å². The van der Waals surface area contributed by atoms with Gasteiger partial charge in [0.05, 0.1) is 17.9 Å². The van der Waals surface area contributed by atoms with Crippen LogP contribution in [0.4, 0.5) is 0 Å². The molecule has 156 valence electrons. The zero-order valence-corrected chi connectivity index (χ0v) is 17.8. The Morgan fingerprint density at radius 2 is 1.80 bits per heavy atom. The van der Waals surface area contributed by atoms with Crippen molar-refractivity contribution in [2.45, 2.75) is 31.8 Å². The third-order valence-corrected chi connectivity index (χ3v) is 6.87. The topological polar surface area (TPSA) is 84.3 Å². The molecule has 3 aromatic rings. The maximum atomic E-state index is 13.3. The van der Waals surface area contributed by atoms with E-state index in [9.17, 15) is 13.2 Å². The minimum Gasteiger partial charge on any atom is -0.347 e. The van der Waals surface area contributed by atoms with E-state index < -0.39 is 10.0 Å². The molecule has 0 fully saturated rings. The molecule has 1 amide bonds. The molecule has 1 aliphatic rings. The lowest BCUT2D eigenvalue weighted by atomic mass is 10.2. The van der Waals surface area contributed by atoms with Gasteiger partial charge in [0.15, 0.2) is 5.69 Å². The highest BCUT2D eigenvalue weighted by atomic mass is 32.2. The largest absolute Gasteiger partial charge is 0.347 e. The zero-order valence-electron chi connectivity index (χ0n) is 16.9. The third-order valence-electron chi connectivity index (χ3n) is 5.01. The lowest BCUT2D eigenvalue weighted by Gasteiger charge is -2.22. The number of amides is 1. The Bertz CT molecular complexity index is 1170. The van der Waals surface area contributed by atoms with Gasteiger partial charge in [-0.05, 0) is 23.6 Å². The van der Waals surface area contributed by atoms with Crippen LogP contribution in [-0.4, -0.2) is 34.7 Å². The Hall–Kier alpha value is -2.97. The number of rotatable bonds is 5. The number of carbonyl (C=O) groups excluding carboxylic acids is 1. The van der Waals surface area contributed by atoms with Crippen LogP contribution in [0.3, 0.4) is 0 Å². The van der Waals surface area contributed by atoms with Crippen LogP contribution < -0.4 is 5.32 Å². The number of hydrogen-bond acceptors (Lipinski definition) is 4. The van der Waals surface area contributed by atoms with E-state index in [1.807, 2.05) is 44.2 Å². The van der Waals surface area contributed by atoms with Gasteiger partial charge in [-0.3, -0.25) is 9.36 Å². The highest BCUT2D eigenvalue weighted by Crippen LogP contribution is 2.31. The molecule has 1 aromatic heterocycles. The fourth-order valence-electron chi connectivity index (χ4n) is 3.62. The first-order valence-corrected chi connectivity index (χ1v) is 11.3. The van der Waals surface area contributed by atoms with Gasteiger partial charge in [-0.1, -0.05) is 56.3 Å². The molecule has 0 unspecified atom stereocenters. The van der Waals surface area contributed by atoms with E-state index in [1.165, 1.54) is 10.6 Å². The second kappa shape index (κ2) is 8.04. The highest BCUT2D eigenvalue weighted by molar-refractivity contribution is 7.89. The summed E-state index contributed by atoms with van der Waals surface area (Å²) in [6.45, 7) is 4.75. The molecule has 7 nitrogen and oxygen atoms in total. The second-order valence-corrected chi connectivity index (χ2v) is 9.64. The molecule has 30 heavy (non-hydrogen) atoms. The Balaban J connectivity index is 1.73. The van der Waals surface area contributed by atoms with Crippen LogP contribution in [0.1, 0.15) is 35.6 Å². The maximum absolute atomic E-state index is 13.3. The van der Waals surface area contributed by atoms with Crippen molar-refractivity contribution in [1.29, 1.82) is 0 Å². The van der Waals surface area contributed by atoms with E-state index in [2.05, 4.69) is 10.3 Å². The van der Waals surface area contributed by atoms with E-state index in [0.29, 0.717) is 24.5 Å². The lowest BCUT2D eigenvalue weighted by molar-refractivity contribution is 0.0944.